The Morgan fingerprint density at radius 2 is 0.877 bits per heavy atom. The van der Waals surface area contributed by atoms with Crippen LogP contribution in [0.5, 0.6) is 0 Å². The van der Waals surface area contributed by atoms with E-state index in [1.54, 1.807) is 0 Å². The van der Waals surface area contributed by atoms with Gasteiger partial charge in [-0.1, -0.05) is 146 Å². The first kappa shape index (κ1) is 43.1. The summed E-state index contributed by atoms with van der Waals surface area (Å²) in [5.41, 5.74) is 21.1. The molecule has 0 saturated carbocycles. The van der Waals surface area contributed by atoms with Crippen LogP contribution in [0.2, 0.25) is 0 Å². The smallest absolute Gasteiger partial charge is 0.0617 e. The molecule has 0 atom stereocenters. The number of nitrogens with zero attached hydrogens (tertiary/aromatic N) is 3. The SMILES string of the molecule is Cc1c(/C=C2\Cc3cc(C(C)(C)C)cc4c5ccc(N(c6ccc(C(C)(C)C)cc6)c6ccc(C(C)(C)C)cc6)cc5n2c34)c2cc(C(C)(C)C)cc3c4cc(C(C)(C)C)ccc4n1c23. The Morgan fingerprint density at radius 1 is 0.415 bits per heavy atom. The molecule has 3 nitrogen and oxygen atoms in total. The highest BCUT2D eigenvalue weighted by Crippen LogP contribution is 2.48. The molecule has 0 bridgehead atoms. The highest BCUT2D eigenvalue weighted by atomic mass is 15.1. The van der Waals surface area contributed by atoms with E-state index in [0.717, 1.165) is 23.5 Å². The third-order valence-corrected chi connectivity index (χ3v) is 14.6. The zero-order valence-corrected chi connectivity index (χ0v) is 42.0. The minimum Gasteiger partial charge on any atom is -0.312 e. The van der Waals surface area contributed by atoms with Crippen LogP contribution in [0.25, 0.3) is 60.8 Å². The molecule has 6 aromatic carbocycles. The molecule has 9 aromatic rings. The van der Waals surface area contributed by atoms with Crippen molar-refractivity contribution in [2.45, 2.75) is 144 Å². The van der Waals surface area contributed by atoms with Crippen LogP contribution < -0.4 is 4.90 Å². The maximum atomic E-state index is 2.62. The van der Waals surface area contributed by atoms with E-state index < -0.39 is 0 Å². The summed E-state index contributed by atoms with van der Waals surface area (Å²) in [5, 5.41) is 6.69. The van der Waals surface area contributed by atoms with Crippen molar-refractivity contribution in [3.8, 4) is 0 Å². The fourth-order valence-electron chi connectivity index (χ4n) is 10.5. The lowest BCUT2D eigenvalue weighted by Crippen LogP contribution is -2.14. The standard InChI is InChI=1S/C62H69N3/c1-37-49(52-33-43(62(14,15)16)34-53-50-31-41(60(8,9)10)21-28-54(50)63(37)57(52)53)35-47-30-38-29-42(61(11,12)13)32-51-48-27-26-46(36-55(48)65(47)56(38)51)64(44-22-17-39(18-23-44)58(2,3)4)45-24-19-40(20-25-45)59(5,6)7/h17-29,31-36H,30H2,1-16H3/b47-35+. The van der Waals surface area contributed by atoms with Crippen molar-refractivity contribution in [2.75, 3.05) is 4.90 Å². The Morgan fingerprint density at radius 3 is 1.42 bits per heavy atom. The fourth-order valence-corrected chi connectivity index (χ4v) is 10.5. The predicted molar refractivity (Wildman–Crippen MR) is 284 cm³/mol. The van der Waals surface area contributed by atoms with Gasteiger partial charge in [-0.25, -0.2) is 0 Å². The third-order valence-electron chi connectivity index (χ3n) is 14.6. The van der Waals surface area contributed by atoms with Gasteiger partial charge in [0.25, 0.3) is 0 Å². The molecule has 0 saturated heterocycles. The van der Waals surface area contributed by atoms with Crippen LogP contribution in [-0.2, 0) is 33.5 Å². The summed E-state index contributed by atoms with van der Waals surface area (Å²) in [7, 11) is 0. The van der Waals surface area contributed by atoms with Gasteiger partial charge >= 0.3 is 0 Å². The molecule has 0 spiro atoms. The number of fused-ring (bicyclic) bond motifs is 6. The summed E-state index contributed by atoms with van der Waals surface area (Å²) >= 11 is 0. The molecule has 1 aliphatic rings. The lowest BCUT2D eigenvalue weighted by molar-refractivity contribution is 0.590. The van der Waals surface area contributed by atoms with Gasteiger partial charge in [0.2, 0.25) is 0 Å². The first-order chi connectivity index (χ1) is 30.3. The van der Waals surface area contributed by atoms with Crippen LogP contribution in [0, 0.1) is 6.92 Å². The molecule has 4 heterocycles. The molecule has 0 radical (unpaired) electrons. The number of aromatic nitrogens is 2. The summed E-state index contributed by atoms with van der Waals surface area (Å²) in [6.07, 6.45) is 3.43. The second-order valence-corrected chi connectivity index (χ2v) is 24.5. The first-order valence-corrected chi connectivity index (χ1v) is 24.0. The largest absolute Gasteiger partial charge is 0.312 e. The van der Waals surface area contributed by atoms with Gasteiger partial charge in [-0.05, 0) is 140 Å². The van der Waals surface area contributed by atoms with Gasteiger partial charge in [-0.3, -0.25) is 0 Å². The molecule has 10 rings (SSSR count). The highest BCUT2D eigenvalue weighted by molar-refractivity contribution is 6.19. The van der Waals surface area contributed by atoms with Crippen LogP contribution >= 0.6 is 0 Å². The van der Waals surface area contributed by atoms with Crippen LogP contribution in [0.3, 0.4) is 0 Å². The minimum absolute atomic E-state index is 0.00630. The normalized spacial score (nSPS) is 14.7. The molecular formula is C62H69N3. The quantitative estimate of drug-likeness (QED) is 0.172. The van der Waals surface area contributed by atoms with Gasteiger partial charge in [0, 0.05) is 67.4 Å². The minimum atomic E-state index is -0.00630. The van der Waals surface area contributed by atoms with Crippen LogP contribution in [-0.4, -0.2) is 8.97 Å². The Hall–Kier alpha value is -5.80. The Balaban J connectivity index is 1.23. The van der Waals surface area contributed by atoms with Crippen molar-refractivity contribution in [1.82, 2.24) is 8.97 Å². The number of hydrogen-bond donors (Lipinski definition) is 0. The average Bonchev–Trinajstić information content (AvgIpc) is 3.94. The number of rotatable bonds is 4. The van der Waals surface area contributed by atoms with Crippen molar-refractivity contribution in [3.63, 3.8) is 0 Å². The molecule has 1 aliphatic heterocycles. The first-order valence-electron chi connectivity index (χ1n) is 24.0. The molecule has 0 aliphatic carbocycles. The predicted octanol–water partition coefficient (Wildman–Crippen LogP) is 17.6. The van der Waals surface area contributed by atoms with Gasteiger partial charge in [-0.15, -0.1) is 0 Å². The van der Waals surface area contributed by atoms with Gasteiger partial charge in [0.1, 0.15) is 0 Å². The van der Waals surface area contributed by atoms with E-state index in [9.17, 15) is 0 Å². The van der Waals surface area contributed by atoms with E-state index in [2.05, 4.69) is 240 Å². The molecule has 3 aromatic heterocycles. The molecular weight excluding hydrogens is 787 g/mol. The van der Waals surface area contributed by atoms with E-state index in [4.69, 9.17) is 0 Å². The molecule has 0 fully saturated rings. The zero-order chi connectivity index (χ0) is 46.5. The number of anilines is 3. The van der Waals surface area contributed by atoms with Gasteiger partial charge in [0.05, 0.1) is 22.1 Å². The lowest BCUT2D eigenvalue weighted by atomic mass is 9.84. The summed E-state index contributed by atoms with van der Waals surface area (Å²) in [5.74, 6) is 0. The van der Waals surface area contributed by atoms with Gasteiger partial charge < -0.3 is 13.9 Å². The summed E-state index contributed by atoms with van der Waals surface area (Å²) in [6.45, 7) is 37.2. The summed E-state index contributed by atoms with van der Waals surface area (Å²) in [4.78, 5) is 2.45. The molecule has 65 heavy (non-hydrogen) atoms. The molecule has 0 N–H and O–H groups in total. The number of hydrogen-bond acceptors (Lipinski definition) is 1. The van der Waals surface area contributed by atoms with Crippen molar-refractivity contribution < 1.29 is 0 Å². The van der Waals surface area contributed by atoms with E-state index in [0.29, 0.717) is 0 Å². The average molecular weight is 856 g/mol. The second kappa shape index (κ2) is 14.1. The van der Waals surface area contributed by atoms with Crippen LogP contribution in [0.4, 0.5) is 17.1 Å². The Bertz CT molecular complexity index is 3320. The van der Waals surface area contributed by atoms with Crippen LogP contribution in [0.1, 0.15) is 148 Å². The summed E-state index contributed by atoms with van der Waals surface area (Å²) in [6, 6.07) is 42.8. The second-order valence-electron chi connectivity index (χ2n) is 24.5. The lowest BCUT2D eigenvalue weighted by Gasteiger charge is -2.28. The topological polar surface area (TPSA) is 12.6 Å². The third kappa shape index (κ3) is 6.99. The van der Waals surface area contributed by atoms with Gasteiger partial charge in [-0.2, -0.15) is 0 Å². The maximum Gasteiger partial charge on any atom is 0.0617 e. The van der Waals surface area contributed by atoms with Crippen molar-refractivity contribution in [1.29, 1.82) is 0 Å². The molecule has 332 valence electrons. The molecule has 0 unspecified atom stereocenters. The van der Waals surface area contributed by atoms with E-state index in [1.807, 2.05) is 0 Å². The number of allylic oxidation sites excluding steroid dienone is 1. The fraction of sp³-hybridized carbons (Fsp3) is 0.355. The van der Waals surface area contributed by atoms with Crippen LogP contribution in [0.15, 0.2) is 109 Å². The van der Waals surface area contributed by atoms with Crippen molar-refractivity contribution in [2.24, 2.45) is 0 Å². The van der Waals surface area contributed by atoms with Gasteiger partial charge in [0.15, 0.2) is 0 Å². The molecule has 0 amide bonds. The Labute approximate surface area is 388 Å². The summed E-state index contributed by atoms with van der Waals surface area (Å²) < 4.78 is 5.17. The van der Waals surface area contributed by atoms with E-state index in [1.165, 1.54) is 99.3 Å². The Kier molecular flexibility index (Phi) is 9.35. The number of aryl methyl sites for hydroxylation is 1. The van der Waals surface area contributed by atoms with Crippen molar-refractivity contribution in [3.05, 3.63) is 154 Å². The molecule has 3 heteroatoms. The van der Waals surface area contributed by atoms with Crippen molar-refractivity contribution >= 4 is 77.8 Å². The van der Waals surface area contributed by atoms with E-state index >= 15 is 0 Å². The monoisotopic (exact) mass is 856 g/mol. The van der Waals surface area contributed by atoms with E-state index in [-0.39, 0.29) is 27.1 Å². The maximum absolute atomic E-state index is 2.62. The number of benzene rings is 6. The zero-order valence-electron chi connectivity index (χ0n) is 42.0. The highest BCUT2D eigenvalue weighted by Gasteiger charge is 2.30.